The van der Waals surface area contributed by atoms with E-state index < -0.39 is 6.61 Å². The largest absolute Gasteiger partial charge is 0.435 e. The molecule has 5 heteroatoms. The van der Waals surface area contributed by atoms with E-state index in [2.05, 4.69) is 10.1 Å². The van der Waals surface area contributed by atoms with Crippen LogP contribution in [0.5, 0.6) is 5.75 Å². The zero-order valence-electron chi connectivity index (χ0n) is 13.3. The van der Waals surface area contributed by atoms with E-state index in [4.69, 9.17) is 0 Å². The van der Waals surface area contributed by atoms with Gasteiger partial charge in [0.2, 0.25) is 0 Å². The summed E-state index contributed by atoms with van der Waals surface area (Å²) in [6.07, 6.45) is 0. The molecule has 23 heavy (non-hydrogen) atoms. The van der Waals surface area contributed by atoms with E-state index >= 15 is 0 Å². The van der Waals surface area contributed by atoms with Gasteiger partial charge in [0.1, 0.15) is 5.75 Å². The standard InChI is InChI=1S/C18H19F2NO2/c1-11-6-4-9-16(12(11)2)17(22)21-13(3)14-7-5-8-15(10-14)23-18(19)20/h4-10,13,18H,1-3H3,(H,21,22)/t13-/m1/s1. The lowest BCUT2D eigenvalue weighted by molar-refractivity contribution is -0.0499. The van der Waals surface area contributed by atoms with E-state index in [1.165, 1.54) is 12.1 Å². The Morgan fingerprint density at radius 2 is 1.83 bits per heavy atom. The normalized spacial score (nSPS) is 12.1. The number of benzene rings is 2. The molecule has 2 aromatic carbocycles. The van der Waals surface area contributed by atoms with Crippen LogP contribution in [0.15, 0.2) is 42.5 Å². The van der Waals surface area contributed by atoms with Crippen LogP contribution >= 0.6 is 0 Å². The molecule has 0 unspecified atom stereocenters. The van der Waals surface area contributed by atoms with Gasteiger partial charge >= 0.3 is 6.61 Å². The zero-order chi connectivity index (χ0) is 17.0. The van der Waals surface area contributed by atoms with E-state index in [-0.39, 0.29) is 17.7 Å². The second-order valence-corrected chi connectivity index (χ2v) is 5.39. The summed E-state index contributed by atoms with van der Waals surface area (Å²) >= 11 is 0. The molecule has 2 rings (SSSR count). The maximum atomic E-state index is 12.4. The van der Waals surface area contributed by atoms with Crippen LogP contribution in [-0.2, 0) is 0 Å². The van der Waals surface area contributed by atoms with E-state index in [0.717, 1.165) is 11.1 Å². The van der Waals surface area contributed by atoms with Gasteiger partial charge in [-0.05, 0) is 55.7 Å². The number of rotatable bonds is 5. The predicted octanol–water partition coefficient (Wildman–Crippen LogP) is 4.40. The minimum atomic E-state index is -2.87. The van der Waals surface area contributed by atoms with Crippen molar-refractivity contribution in [2.75, 3.05) is 0 Å². The molecule has 122 valence electrons. The third kappa shape index (κ3) is 4.28. The molecule has 1 atom stereocenters. The fraction of sp³-hybridized carbons (Fsp3) is 0.278. The summed E-state index contributed by atoms with van der Waals surface area (Å²) in [7, 11) is 0. The Morgan fingerprint density at radius 3 is 2.52 bits per heavy atom. The number of hydrogen-bond donors (Lipinski definition) is 1. The predicted molar refractivity (Wildman–Crippen MR) is 84.9 cm³/mol. The molecule has 0 saturated heterocycles. The third-order valence-electron chi connectivity index (χ3n) is 3.78. The summed E-state index contributed by atoms with van der Waals surface area (Å²) in [5.74, 6) is -0.121. The summed E-state index contributed by atoms with van der Waals surface area (Å²) in [5, 5.41) is 2.88. The number of carbonyl (C=O) groups is 1. The molecular weight excluding hydrogens is 300 g/mol. The molecule has 0 fully saturated rings. The molecule has 0 bridgehead atoms. The second kappa shape index (κ2) is 7.22. The summed E-state index contributed by atoms with van der Waals surface area (Å²) in [6.45, 7) is 2.77. The van der Waals surface area contributed by atoms with Gasteiger partial charge in [-0.1, -0.05) is 24.3 Å². The van der Waals surface area contributed by atoms with Crippen LogP contribution < -0.4 is 10.1 Å². The Hall–Kier alpha value is -2.43. The Balaban J connectivity index is 2.14. The van der Waals surface area contributed by atoms with Crippen LogP contribution in [0, 0.1) is 13.8 Å². The van der Waals surface area contributed by atoms with Crippen molar-refractivity contribution in [2.24, 2.45) is 0 Å². The van der Waals surface area contributed by atoms with Crippen LogP contribution in [0.1, 0.15) is 40.0 Å². The quantitative estimate of drug-likeness (QED) is 0.887. The number of ether oxygens (including phenoxy) is 1. The Morgan fingerprint density at radius 1 is 1.13 bits per heavy atom. The van der Waals surface area contributed by atoms with Crippen LogP contribution in [-0.4, -0.2) is 12.5 Å². The first-order valence-electron chi connectivity index (χ1n) is 7.30. The molecule has 0 aliphatic carbocycles. The maximum absolute atomic E-state index is 12.4. The molecule has 2 aromatic rings. The number of amides is 1. The SMILES string of the molecule is Cc1cccc(C(=O)N[C@H](C)c2cccc(OC(F)F)c2)c1C. The van der Waals surface area contributed by atoms with Crippen LogP contribution in [0.25, 0.3) is 0 Å². The highest BCUT2D eigenvalue weighted by Crippen LogP contribution is 2.21. The van der Waals surface area contributed by atoms with Crippen molar-refractivity contribution in [3.63, 3.8) is 0 Å². The molecule has 0 heterocycles. The zero-order valence-corrected chi connectivity index (χ0v) is 13.3. The number of alkyl halides is 2. The molecule has 1 N–H and O–H groups in total. The number of nitrogens with one attached hydrogen (secondary N) is 1. The lowest BCUT2D eigenvalue weighted by atomic mass is 10.0. The number of halogens is 2. The first-order valence-corrected chi connectivity index (χ1v) is 7.30. The van der Waals surface area contributed by atoms with Crippen LogP contribution in [0.3, 0.4) is 0 Å². The molecule has 0 aliphatic rings. The summed E-state index contributed by atoms with van der Waals surface area (Å²) in [5.41, 5.74) is 3.27. The van der Waals surface area contributed by atoms with Crippen molar-refractivity contribution in [1.29, 1.82) is 0 Å². The molecule has 0 saturated carbocycles. The van der Waals surface area contributed by atoms with Crippen molar-refractivity contribution >= 4 is 5.91 Å². The van der Waals surface area contributed by atoms with Gasteiger partial charge in [-0.15, -0.1) is 0 Å². The van der Waals surface area contributed by atoms with Crippen LogP contribution in [0.4, 0.5) is 8.78 Å². The van der Waals surface area contributed by atoms with Gasteiger partial charge in [-0.3, -0.25) is 4.79 Å². The van der Waals surface area contributed by atoms with Gasteiger partial charge in [0.25, 0.3) is 5.91 Å². The van der Waals surface area contributed by atoms with Gasteiger partial charge in [0.15, 0.2) is 0 Å². The molecule has 0 aliphatic heterocycles. The molecule has 0 spiro atoms. The smallest absolute Gasteiger partial charge is 0.387 e. The second-order valence-electron chi connectivity index (χ2n) is 5.39. The molecule has 0 aromatic heterocycles. The molecule has 1 amide bonds. The van der Waals surface area contributed by atoms with Crippen molar-refractivity contribution in [3.8, 4) is 5.75 Å². The Bertz CT molecular complexity index is 701. The van der Waals surface area contributed by atoms with E-state index in [9.17, 15) is 13.6 Å². The van der Waals surface area contributed by atoms with Gasteiger partial charge in [-0.25, -0.2) is 0 Å². The summed E-state index contributed by atoms with van der Waals surface area (Å²) in [4.78, 5) is 12.4. The van der Waals surface area contributed by atoms with E-state index in [1.54, 1.807) is 25.1 Å². The van der Waals surface area contributed by atoms with Crippen molar-refractivity contribution < 1.29 is 18.3 Å². The number of hydrogen-bond acceptors (Lipinski definition) is 2. The molecule has 3 nitrogen and oxygen atoms in total. The van der Waals surface area contributed by atoms with Gasteiger partial charge in [-0.2, -0.15) is 8.78 Å². The highest BCUT2D eigenvalue weighted by atomic mass is 19.3. The minimum Gasteiger partial charge on any atom is -0.435 e. The van der Waals surface area contributed by atoms with Gasteiger partial charge in [0.05, 0.1) is 6.04 Å². The van der Waals surface area contributed by atoms with E-state index in [0.29, 0.717) is 11.1 Å². The minimum absolute atomic E-state index is 0.0744. The molecule has 0 radical (unpaired) electrons. The van der Waals surface area contributed by atoms with Gasteiger partial charge < -0.3 is 10.1 Å². The average molecular weight is 319 g/mol. The highest BCUT2D eigenvalue weighted by Gasteiger charge is 2.15. The van der Waals surface area contributed by atoms with Crippen molar-refractivity contribution in [3.05, 3.63) is 64.7 Å². The van der Waals surface area contributed by atoms with Gasteiger partial charge in [0, 0.05) is 5.56 Å². The number of carbonyl (C=O) groups excluding carboxylic acids is 1. The maximum Gasteiger partial charge on any atom is 0.387 e. The Kier molecular flexibility index (Phi) is 5.32. The Labute approximate surface area is 134 Å². The highest BCUT2D eigenvalue weighted by molar-refractivity contribution is 5.96. The van der Waals surface area contributed by atoms with Crippen molar-refractivity contribution in [1.82, 2.24) is 5.32 Å². The summed E-state index contributed by atoms with van der Waals surface area (Å²) < 4.78 is 28.9. The fourth-order valence-corrected chi connectivity index (χ4v) is 2.31. The van der Waals surface area contributed by atoms with E-state index in [1.807, 2.05) is 26.0 Å². The fourth-order valence-electron chi connectivity index (χ4n) is 2.31. The summed E-state index contributed by atoms with van der Waals surface area (Å²) in [6, 6.07) is 11.5. The first-order chi connectivity index (χ1) is 10.9. The lowest BCUT2D eigenvalue weighted by Crippen LogP contribution is -2.27. The first kappa shape index (κ1) is 16.9. The van der Waals surface area contributed by atoms with Crippen LogP contribution in [0.2, 0.25) is 0 Å². The number of aryl methyl sites for hydroxylation is 1. The average Bonchev–Trinajstić information content (AvgIpc) is 2.49. The lowest BCUT2D eigenvalue weighted by Gasteiger charge is -2.17. The topological polar surface area (TPSA) is 38.3 Å². The monoisotopic (exact) mass is 319 g/mol. The third-order valence-corrected chi connectivity index (χ3v) is 3.78. The molecular formula is C18H19F2NO2. The van der Waals surface area contributed by atoms with Crippen molar-refractivity contribution in [2.45, 2.75) is 33.4 Å².